The molecule has 0 aliphatic carbocycles. The van der Waals surface area contributed by atoms with Gasteiger partial charge in [-0.2, -0.15) is 0 Å². The van der Waals surface area contributed by atoms with Crippen molar-refractivity contribution in [3.8, 4) is 11.5 Å². The molecular weight excluding hydrogens is 244 g/mol. The average Bonchev–Trinajstić information content (AvgIpc) is 2.40. The Kier molecular flexibility index (Phi) is 3.78. The minimum absolute atomic E-state index is 0.0119. The van der Waals surface area contributed by atoms with Crippen molar-refractivity contribution in [1.82, 2.24) is 0 Å². The average molecular weight is 256 g/mol. The normalized spacial score (nSPS) is 10.5. The number of rotatable bonds is 4. The maximum atomic E-state index is 10.9. The van der Waals surface area contributed by atoms with Crippen LogP contribution in [0.2, 0.25) is 0 Å². The molecule has 0 atom stereocenters. The van der Waals surface area contributed by atoms with Crippen molar-refractivity contribution in [3.05, 3.63) is 70.4 Å². The molecule has 2 rings (SSSR count). The van der Waals surface area contributed by atoms with E-state index < -0.39 is 4.92 Å². The Labute approximate surface area is 110 Å². The quantitative estimate of drug-likeness (QED) is 0.672. The minimum Gasteiger partial charge on any atom is -0.457 e. The number of para-hydroxylation sites is 1. The summed E-state index contributed by atoms with van der Waals surface area (Å²) in [5, 5.41) is 10.9. The second-order valence-electron chi connectivity index (χ2n) is 3.75. The number of hydrogen-bond donors (Lipinski definition) is 1. The van der Waals surface area contributed by atoms with Crippen LogP contribution in [0.4, 0.5) is 5.69 Å². The highest BCUT2D eigenvalue weighted by Crippen LogP contribution is 2.28. The number of ether oxygens (including phenoxy) is 1. The molecule has 0 heterocycles. The van der Waals surface area contributed by atoms with E-state index in [1.165, 1.54) is 18.3 Å². The first-order valence-electron chi connectivity index (χ1n) is 5.60. The third-order valence-electron chi connectivity index (χ3n) is 2.45. The van der Waals surface area contributed by atoms with E-state index in [4.69, 9.17) is 10.5 Å². The van der Waals surface area contributed by atoms with Crippen LogP contribution >= 0.6 is 0 Å². The highest BCUT2D eigenvalue weighted by Gasteiger charge is 2.12. The first-order valence-corrected chi connectivity index (χ1v) is 5.60. The lowest BCUT2D eigenvalue weighted by Gasteiger charge is -2.06. The second kappa shape index (κ2) is 5.68. The maximum absolute atomic E-state index is 10.9. The molecule has 2 N–H and O–H groups in total. The van der Waals surface area contributed by atoms with E-state index in [2.05, 4.69) is 0 Å². The number of nitrogens with two attached hydrogens (primary N) is 1. The largest absolute Gasteiger partial charge is 0.457 e. The second-order valence-corrected chi connectivity index (χ2v) is 3.75. The van der Waals surface area contributed by atoms with Crippen molar-refractivity contribution in [2.24, 2.45) is 5.73 Å². The molecule has 0 spiro atoms. The third-order valence-corrected chi connectivity index (χ3v) is 2.45. The number of nitro benzene ring substituents is 1. The molecule has 0 aliphatic rings. The summed E-state index contributed by atoms with van der Waals surface area (Å²) in [5.41, 5.74) is 5.68. The minimum atomic E-state index is -0.457. The van der Waals surface area contributed by atoms with Crippen molar-refractivity contribution < 1.29 is 9.66 Å². The SMILES string of the molecule is N/C=C/c1cc(Oc2ccccc2)ccc1[N+](=O)[O-]. The van der Waals surface area contributed by atoms with Crippen molar-refractivity contribution in [2.75, 3.05) is 0 Å². The molecule has 5 nitrogen and oxygen atoms in total. The van der Waals surface area contributed by atoms with Crippen LogP contribution < -0.4 is 10.5 Å². The van der Waals surface area contributed by atoms with Gasteiger partial charge in [0.1, 0.15) is 11.5 Å². The Morgan fingerprint density at radius 2 is 1.84 bits per heavy atom. The van der Waals surface area contributed by atoms with Crippen LogP contribution in [0, 0.1) is 10.1 Å². The van der Waals surface area contributed by atoms with Gasteiger partial charge in [-0.15, -0.1) is 0 Å². The number of hydrogen-bond acceptors (Lipinski definition) is 4. The van der Waals surface area contributed by atoms with E-state index >= 15 is 0 Å². The van der Waals surface area contributed by atoms with Gasteiger partial charge in [-0.1, -0.05) is 18.2 Å². The summed E-state index contributed by atoms with van der Waals surface area (Å²) in [5.74, 6) is 1.18. The number of benzene rings is 2. The molecule has 5 heteroatoms. The lowest BCUT2D eigenvalue weighted by molar-refractivity contribution is -0.385. The van der Waals surface area contributed by atoms with Gasteiger partial charge in [0.05, 0.1) is 10.5 Å². The number of nitro groups is 1. The summed E-state index contributed by atoms with van der Waals surface area (Å²) >= 11 is 0. The Balaban J connectivity index is 2.33. The molecule has 96 valence electrons. The fourth-order valence-electron chi connectivity index (χ4n) is 1.62. The maximum Gasteiger partial charge on any atom is 0.276 e. The first-order chi connectivity index (χ1) is 9.20. The number of nitrogens with zero attached hydrogens (tertiary/aromatic N) is 1. The lowest BCUT2D eigenvalue weighted by atomic mass is 10.1. The lowest BCUT2D eigenvalue weighted by Crippen LogP contribution is -1.93. The molecule has 0 amide bonds. The van der Waals surface area contributed by atoms with E-state index in [0.29, 0.717) is 17.1 Å². The Morgan fingerprint density at radius 3 is 2.47 bits per heavy atom. The van der Waals surface area contributed by atoms with Crippen molar-refractivity contribution >= 4 is 11.8 Å². The Hall–Kier alpha value is -2.82. The van der Waals surface area contributed by atoms with Crippen molar-refractivity contribution in [2.45, 2.75) is 0 Å². The summed E-state index contributed by atoms with van der Waals surface area (Å²) in [4.78, 5) is 10.4. The predicted molar refractivity (Wildman–Crippen MR) is 72.8 cm³/mol. The third kappa shape index (κ3) is 3.10. The highest BCUT2D eigenvalue weighted by atomic mass is 16.6. The molecule has 19 heavy (non-hydrogen) atoms. The Morgan fingerprint density at radius 1 is 1.11 bits per heavy atom. The fourth-order valence-corrected chi connectivity index (χ4v) is 1.62. The van der Waals surface area contributed by atoms with Crippen LogP contribution in [-0.4, -0.2) is 4.92 Å². The molecule has 2 aromatic carbocycles. The molecule has 0 saturated carbocycles. The summed E-state index contributed by atoms with van der Waals surface area (Å²) in [6.07, 6.45) is 2.73. The van der Waals surface area contributed by atoms with Crippen molar-refractivity contribution in [3.63, 3.8) is 0 Å². The van der Waals surface area contributed by atoms with Gasteiger partial charge < -0.3 is 10.5 Å². The molecule has 0 bridgehead atoms. The molecule has 0 radical (unpaired) electrons. The zero-order valence-electron chi connectivity index (χ0n) is 10.0. The van der Waals surface area contributed by atoms with Gasteiger partial charge in [0.15, 0.2) is 0 Å². The van der Waals surface area contributed by atoms with Gasteiger partial charge in [0.2, 0.25) is 0 Å². The van der Waals surface area contributed by atoms with Gasteiger partial charge in [-0.3, -0.25) is 10.1 Å². The molecule has 0 saturated heterocycles. The van der Waals surface area contributed by atoms with E-state index in [1.807, 2.05) is 18.2 Å². The molecule has 2 aromatic rings. The van der Waals surface area contributed by atoms with Crippen LogP contribution in [0.25, 0.3) is 6.08 Å². The standard InChI is InChI=1S/C14H12N2O3/c15-9-8-11-10-13(6-7-14(11)16(17)18)19-12-4-2-1-3-5-12/h1-10H,15H2/b9-8+. The highest BCUT2D eigenvalue weighted by molar-refractivity contribution is 5.62. The van der Waals surface area contributed by atoms with E-state index in [0.717, 1.165) is 0 Å². The molecule has 0 fully saturated rings. The smallest absolute Gasteiger partial charge is 0.276 e. The van der Waals surface area contributed by atoms with Crippen LogP contribution in [0.5, 0.6) is 11.5 Å². The molecular formula is C14H12N2O3. The summed E-state index contributed by atoms with van der Waals surface area (Å²) in [6.45, 7) is 0. The molecule has 0 aromatic heterocycles. The summed E-state index contributed by atoms with van der Waals surface area (Å²) in [6, 6.07) is 13.7. The zero-order chi connectivity index (χ0) is 13.7. The van der Waals surface area contributed by atoms with E-state index in [1.54, 1.807) is 24.3 Å². The van der Waals surface area contributed by atoms with Crippen molar-refractivity contribution in [1.29, 1.82) is 0 Å². The van der Waals surface area contributed by atoms with Crippen LogP contribution in [0.3, 0.4) is 0 Å². The molecule has 0 aliphatic heterocycles. The topological polar surface area (TPSA) is 78.4 Å². The van der Waals surface area contributed by atoms with E-state index in [-0.39, 0.29) is 5.69 Å². The van der Waals surface area contributed by atoms with E-state index in [9.17, 15) is 10.1 Å². The zero-order valence-corrected chi connectivity index (χ0v) is 10.0. The van der Waals surface area contributed by atoms with Crippen LogP contribution in [-0.2, 0) is 0 Å². The monoisotopic (exact) mass is 256 g/mol. The van der Waals surface area contributed by atoms with Gasteiger partial charge in [0, 0.05) is 6.07 Å². The first kappa shape index (κ1) is 12.6. The van der Waals surface area contributed by atoms with Crippen LogP contribution in [0.1, 0.15) is 5.56 Å². The van der Waals surface area contributed by atoms with Gasteiger partial charge in [-0.05, 0) is 36.5 Å². The van der Waals surface area contributed by atoms with Crippen LogP contribution in [0.15, 0.2) is 54.7 Å². The predicted octanol–water partition coefficient (Wildman–Crippen LogP) is 3.32. The van der Waals surface area contributed by atoms with Gasteiger partial charge >= 0.3 is 0 Å². The summed E-state index contributed by atoms with van der Waals surface area (Å²) in [7, 11) is 0. The summed E-state index contributed by atoms with van der Waals surface area (Å²) < 4.78 is 5.60. The fraction of sp³-hybridized carbons (Fsp3) is 0. The van der Waals surface area contributed by atoms with Gasteiger partial charge in [0.25, 0.3) is 5.69 Å². The Bertz CT molecular complexity index is 609. The van der Waals surface area contributed by atoms with Gasteiger partial charge in [-0.25, -0.2) is 0 Å². The molecule has 0 unspecified atom stereocenters.